The van der Waals surface area contributed by atoms with Crippen LogP contribution in [0.3, 0.4) is 0 Å². The molecule has 1 aliphatic carbocycles. The molecule has 2 rings (SSSR count). The summed E-state index contributed by atoms with van der Waals surface area (Å²) in [6.07, 6.45) is 2.05. The molecule has 1 fully saturated rings. The van der Waals surface area contributed by atoms with Gasteiger partial charge in [0.05, 0.1) is 17.3 Å². The molecule has 24 heavy (non-hydrogen) atoms. The van der Waals surface area contributed by atoms with E-state index in [4.69, 9.17) is 21.7 Å². The van der Waals surface area contributed by atoms with Crippen LogP contribution in [0.15, 0.2) is 30.3 Å². The Bertz CT molecular complexity index is 596. The zero-order valence-corrected chi connectivity index (χ0v) is 15.6. The van der Waals surface area contributed by atoms with Crippen molar-refractivity contribution in [3.8, 4) is 0 Å². The Morgan fingerprint density at radius 2 is 1.92 bits per heavy atom. The molecule has 1 aliphatic rings. The maximum Gasteiger partial charge on any atom is 0.302 e. The molecule has 0 aromatic heterocycles. The molecular formula is C18H22O4S2. The van der Waals surface area contributed by atoms with Crippen molar-refractivity contribution in [3.63, 3.8) is 0 Å². The van der Waals surface area contributed by atoms with Crippen molar-refractivity contribution in [1.29, 1.82) is 0 Å². The number of hydrogen-bond donors (Lipinski definition) is 0. The van der Waals surface area contributed by atoms with E-state index in [1.165, 1.54) is 18.7 Å². The van der Waals surface area contributed by atoms with Gasteiger partial charge in [-0.3, -0.25) is 9.59 Å². The SMILES string of the molecule is CCOC(=S)SC(COC(C)=O)CC(=O)C1(c2ccccc2)CC1. The van der Waals surface area contributed by atoms with Crippen molar-refractivity contribution in [2.45, 2.75) is 43.8 Å². The molecule has 0 amide bonds. The van der Waals surface area contributed by atoms with Crippen LogP contribution in [0.5, 0.6) is 0 Å². The number of ether oxygens (including phenoxy) is 2. The largest absolute Gasteiger partial charge is 0.479 e. The predicted octanol–water partition coefficient (Wildman–Crippen LogP) is 3.66. The van der Waals surface area contributed by atoms with Crippen LogP contribution in [0.1, 0.15) is 38.7 Å². The second kappa shape index (κ2) is 8.62. The number of hydrogen-bond acceptors (Lipinski definition) is 6. The van der Waals surface area contributed by atoms with E-state index < -0.39 is 0 Å². The van der Waals surface area contributed by atoms with Crippen molar-refractivity contribution in [2.75, 3.05) is 13.2 Å². The molecule has 1 saturated carbocycles. The zero-order chi connectivity index (χ0) is 17.6. The molecule has 0 spiro atoms. The number of carbonyl (C=O) groups excluding carboxylic acids is 2. The fourth-order valence-corrected chi connectivity index (χ4v) is 4.00. The lowest BCUT2D eigenvalue weighted by atomic mass is 9.89. The topological polar surface area (TPSA) is 52.6 Å². The lowest BCUT2D eigenvalue weighted by Gasteiger charge is -2.20. The third-order valence-corrected chi connectivity index (χ3v) is 5.37. The minimum atomic E-state index is -0.372. The summed E-state index contributed by atoms with van der Waals surface area (Å²) >= 11 is 6.44. The summed E-state index contributed by atoms with van der Waals surface area (Å²) in [6.45, 7) is 3.85. The van der Waals surface area contributed by atoms with Gasteiger partial charge in [-0.05, 0) is 37.5 Å². The van der Waals surface area contributed by atoms with Crippen LogP contribution in [0, 0.1) is 0 Å². The molecule has 0 heterocycles. The Hall–Kier alpha value is -1.40. The number of Topliss-reactive ketones (excluding diaryl/α,β-unsaturated/α-hetero) is 1. The molecule has 0 bridgehead atoms. The van der Waals surface area contributed by atoms with Crippen molar-refractivity contribution < 1.29 is 19.1 Å². The minimum absolute atomic E-state index is 0.157. The lowest BCUT2D eigenvalue weighted by molar-refractivity contribution is -0.141. The van der Waals surface area contributed by atoms with Crippen molar-refractivity contribution in [1.82, 2.24) is 0 Å². The van der Waals surface area contributed by atoms with Crippen molar-refractivity contribution in [3.05, 3.63) is 35.9 Å². The highest BCUT2D eigenvalue weighted by Crippen LogP contribution is 2.50. The van der Waals surface area contributed by atoms with Gasteiger partial charge in [0.1, 0.15) is 12.4 Å². The van der Waals surface area contributed by atoms with Crippen LogP contribution in [0.25, 0.3) is 0 Å². The van der Waals surface area contributed by atoms with E-state index in [0.717, 1.165) is 18.4 Å². The molecule has 1 aromatic rings. The maximum absolute atomic E-state index is 12.9. The number of ketones is 1. The first-order chi connectivity index (χ1) is 11.5. The molecular weight excluding hydrogens is 344 g/mol. The summed E-state index contributed by atoms with van der Waals surface area (Å²) < 4.78 is 10.8. The van der Waals surface area contributed by atoms with Gasteiger partial charge in [0, 0.05) is 13.3 Å². The Morgan fingerprint density at radius 3 is 2.46 bits per heavy atom. The molecule has 130 valence electrons. The lowest BCUT2D eigenvalue weighted by Crippen LogP contribution is -2.27. The average molecular weight is 367 g/mol. The van der Waals surface area contributed by atoms with E-state index in [9.17, 15) is 9.59 Å². The average Bonchev–Trinajstić information content (AvgIpc) is 3.35. The number of carbonyl (C=O) groups is 2. The first-order valence-corrected chi connectivity index (χ1v) is 9.32. The van der Waals surface area contributed by atoms with Gasteiger partial charge in [0.25, 0.3) is 0 Å². The van der Waals surface area contributed by atoms with E-state index in [1.54, 1.807) is 0 Å². The summed E-state index contributed by atoms with van der Waals surface area (Å²) in [4.78, 5) is 24.0. The quantitative estimate of drug-likeness (QED) is 0.517. The normalized spacial score (nSPS) is 16.1. The summed E-state index contributed by atoms with van der Waals surface area (Å²) in [5, 5.41) is -0.221. The van der Waals surface area contributed by atoms with Gasteiger partial charge in [0.15, 0.2) is 0 Å². The molecule has 6 heteroatoms. The van der Waals surface area contributed by atoms with Gasteiger partial charge in [-0.15, -0.1) is 0 Å². The fraction of sp³-hybridized carbons (Fsp3) is 0.500. The van der Waals surface area contributed by atoms with E-state index in [-0.39, 0.29) is 29.0 Å². The Morgan fingerprint density at radius 1 is 1.25 bits per heavy atom. The summed E-state index contributed by atoms with van der Waals surface area (Å²) in [5.41, 5.74) is 0.697. The van der Waals surface area contributed by atoms with Crippen LogP contribution in [0.2, 0.25) is 0 Å². The zero-order valence-electron chi connectivity index (χ0n) is 13.9. The molecule has 0 saturated heterocycles. The smallest absolute Gasteiger partial charge is 0.302 e. The van der Waals surface area contributed by atoms with Crippen LogP contribution in [0.4, 0.5) is 0 Å². The number of benzene rings is 1. The number of rotatable bonds is 8. The standard InChI is InChI=1S/C18H22O4S2/c1-3-21-17(23)24-15(12-22-13(2)19)11-16(20)18(9-10-18)14-7-5-4-6-8-14/h4-8,15H,3,9-12H2,1-2H3. The van der Waals surface area contributed by atoms with Gasteiger partial charge in [-0.2, -0.15) is 0 Å². The number of esters is 1. The highest BCUT2D eigenvalue weighted by molar-refractivity contribution is 8.23. The molecule has 4 nitrogen and oxygen atoms in total. The maximum atomic E-state index is 12.9. The molecule has 0 aliphatic heterocycles. The van der Waals surface area contributed by atoms with E-state index in [2.05, 4.69) is 0 Å². The molecule has 0 N–H and O–H groups in total. The molecule has 1 unspecified atom stereocenters. The molecule has 1 aromatic carbocycles. The Labute approximate surface area is 152 Å². The van der Waals surface area contributed by atoms with Gasteiger partial charge in [0.2, 0.25) is 4.38 Å². The number of thiocarbonyl (C=S) groups is 1. The van der Waals surface area contributed by atoms with E-state index in [0.29, 0.717) is 17.4 Å². The third kappa shape index (κ3) is 5.05. The Balaban J connectivity index is 2.03. The summed E-state index contributed by atoms with van der Waals surface area (Å²) in [7, 11) is 0. The second-order valence-electron chi connectivity index (χ2n) is 5.80. The van der Waals surface area contributed by atoms with Gasteiger partial charge in [-0.25, -0.2) is 0 Å². The fourth-order valence-electron chi connectivity index (χ4n) is 2.65. The van der Waals surface area contributed by atoms with Crippen molar-refractivity contribution >= 4 is 40.1 Å². The summed E-state index contributed by atoms with van der Waals surface area (Å²) in [6, 6.07) is 9.87. The van der Waals surface area contributed by atoms with E-state index >= 15 is 0 Å². The highest BCUT2D eigenvalue weighted by Gasteiger charge is 2.50. The second-order valence-corrected chi connectivity index (χ2v) is 7.70. The van der Waals surface area contributed by atoms with Crippen LogP contribution in [-0.4, -0.2) is 34.6 Å². The van der Waals surface area contributed by atoms with Crippen LogP contribution >= 0.6 is 24.0 Å². The van der Waals surface area contributed by atoms with Crippen molar-refractivity contribution in [2.24, 2.45) is 0 Å². The van der Waals surface area contributed by atoms with Gasteiger partial charge >= 0.3 is 5.97 Å². The van der Waals surface area contributed by atoms with E-state index in [1.807, 2.05) is 37.3 Å². The highest BCUT2D eigenvalue weighted by atomic mass is 32.2. The summed E-state index contributed by atoms with van der Waals surface area (Å²) in [5.74, 6) is -0.183. The monoisotopic (exact) mass is 366 g/mol. The first-order valence-electron chi connectivity index (χ1n) is 8.03. The van der Waals surface area contributed by atoms with Crippen LogP contribution < -0.4 is 0 Å². The minimum Gasteiger partial charge on any atom is -0.479 e. The molecule has 0 radical (unpaired) electrons. The first kappa shape index (κ1) is 18.9. The number of thioether (sulfide) groups is 1. The van der Waals surface area contributed by atoms with Gasteiger partial charge < -0.3 is 9.47 Å². The van der Waals surface area contributed by atoms with Gasteiger partial charge in [-0.1, -0.05) is 42.1 Å². The molecule has 1 atom stereocenters. The Kier molecular flexibility index (Phi) is 6.80. The third-order valence-electron chi connectivity index (χ3n) is 4.02. The predicted molar refractivity (Wildman–Crippen MR) is 99.2 cm³/mol. The van der Waals surface area contributed by atoms with Crippen LogP contribution in [-0.2, 0) is 24.5 Å².